The first kappa shape index (κ1) is 14.5. The average Bonchev–Trinajstić information content (AvgIpc) is 2.18. The normalized spacial score (nSPS) is 14.9. The van der Waals surface area contributed by atoms with Crippen LogP contribution in [-0.4, -0.2) is 62.6 Å². The van der Waals surface area contributed by atoms with E-state index in [1.165, 1.54) is 7.11 Å². The molecule has 0 aromatic carbocycles. The van der Waals surface area contributed by atoms with Gasteiger partial charge in [-0.05, 0) is 0 Å². The molecular formula is C10H20O5. The second kappa shape index (κ2) is 10.1. The zero-order valence-electron chi connectivity index (χ0n) is 9.09. The quantitative estimate of drug-likeness (QED) is 0.386. The van der Waals surface area contributed by atoms with Gasteiger partial charge in [0.15, 0.2) is 0 Å². The Labute approximate surface area is 90.3 Å². The molecule has 15 heavy (non-hydrogen) atoms. The first-order valence-electron chi connectivity index (χ1n) is 4.82. The molecule has 90 valence electrons. The van der Waals surface area contributed by atoms with Gasteiger partial charge in [-0.15, -0.1) is 6.58 Å². The molecule has 0 aliphatic carbocycles. The van der Waals surface area contributed by atoms with Gasteiger partial charge in [-0.25, -0.2) is 0 Å². The van der Waals surface area contributed by atoms with Crippen LogP contribution in [0.25, 0.3) is 0 Å². The van der Waals surface area contributed by atoms with Crippen LogP contribution in [0.2, 0.25) is 0 Å². The van der Waals surface area contributed by atoms with Crippen molar-refractivity contribution in [3.05, 3.63) is 12.7 Å². The van der Waals surface area contributed by atoms with Gasteiger partial charge in [0, 0.05) is 7.11 Å². The summed E-state index contributed by atoms with van der Waals surface area (Å²) in [4.78, 5) is 0. The van der Waals surface area contributed by atoms with Gasteiger partial charge in [0.25, 0.3) is 0 Å². The van der Waals surface area contributed by atoms with Crippen LogP contribution in [-0.2, 0) is 14.2 Å². The first-order valence-corrected chi connectivity index (χ1v) is 4.82. The zero-order valence-corrected chi connectivity index (χ0v) is 9.09. The molecule has 0 heterocycles. The summed E-state index contributed by atoms with van der Waals surface area (Å²) >= 11 is 0. The number of hydrogen-bond donors (Lipinski definition) is 2. The van der Waals surface area contributed by atoms with E-state index in [4.69, 9.17) is 14.2 Å². The molecule has 0 amide bonds. The summed E-state index contributed by atoms with van der Waals surface area (Å²) < 4.78 is 14.8. The highest BCUT2D eigenvalue weighted by atomic mass is 16.5. The largest absolute Gasteiger partial charge is 0.388 e. The minimum absolute atomic E-state index is 0.137. The zero-order chi connectivity index (χ0) is 11.5. The van der Waals surface area contributed by atoms with Crippen LogP contribution in [0.15, 0.2) is 12.7 Å². The van der Waals surface area contributed by atoms with Gasteiger partial charge in [0.2, 0.25) is 0 Å². The summed E-state index contributed by atoms with van der Waals surface area (Å²) in [5.74, 6) is 0. The smallest absolute Gasteiger partial charge is 0.101 e. The van der Waals surface area contributed by atoms with Crippen molar-refractivity contribution in [3.63, 3.8) is 0 Å². The summed E-state index contributed by atoms with van der Waals surface area (Å²) in [6.07, 6.45) is 0.270. The summed E-state index contributed by atoms with van der Waals surface area (Å²) in [6, 6.07) is 0. The van der Waals surface area contributed by atoms with E-state index in [0.717, 1.165) is 0 Å². The predicted molar refractivity (Wildman–Crippen MR) is 55.7 cm³/mol. The maximum Gasteiger partial charge on any atom is 0.101 e. The topological polar surface area (TPSA) is 68.2 Å². The van der Waals surface area contributed by atoms with Crippen LogP contribution < -0.4 is 0 Å². The van der Waals surface area contributed by atoms with E-state index in [-0.39, 0.29) is 26.4 Å². The van der Waals surface area contributed by atoms with Crippen molar-refractivity contribution in [2.75, 3.05) is 40.1 Å². The van der Waals surface area contributed by atoms with Gasteiger partial charge in [-0.1, -0.05) is 6.08 Å². The maximum atomic E-state index is 9.32. The van der Waals surface area contributed by atoms with Crippen molar-refractivity contribution >= 4 is 0 Å². The highest BCUT2D eigenvalue weighted by Gasteiger charge is 2.07. The van der Waals surface area contributed by atoms with Gasteiger partial charge in [-0.2, -0.15) is 0 Å². The molecule has 0 aromatic heterocycles. The highest BCUT2D eigenvalue weighted by molar-refractivity contribution is 4.64. The molecular weight excluding hydrogens is 200 g/mol. The van der Waals surface area contributed by atoms with Crippen LogP contribution in [0.4, 0.5) is 0 Å². The molecule has 0 fully saturated rings. The molecule has 2 unspecified atom stereocenters. The van der Waals surface area contributed by atoms with E-state index in [1.54, 1.807) is 6.08 Å². The third-order valence-electron chi connectivity index (χ3n) is 1.53. The van der Waals surface area contributed by atoms with Crippen molar-refractivity contribution in [3.8, 4) is 0 Å². The second-order valence-electron chi connectivity index (χ2n) is 3.13. The lowest BCUT2D eigenvalue weighted by Crippen LogP contribution is -2.27. The van der Waals surface area contributed by atoms with Gasteiger partial charge in [0.1, 0.15) is 12.2 Å². The lowest BCUT2D eigenvalue weighted by molar-refractivity contribution is -0.0492. The number of ether oxygens (including phenoxy) is 3. The van der Waals surface area contributed by atoms with Gasteiger partial charge in [0.05, 0.1) is 33.0 Å². The molecule has 0 aliphatic rings. The van der Waals surface area contributed by atoms with Gasteiger partial charge >= 0.3 is 0 Å². The number of rotatable bonds is 10. The van der Waals surface area contributed by atoms with E-state index in [0.29, 0.717) is 6.61 Å². The van der Waals surface area contributed by atoms with Crippen LogP contribution in [0.3, 0.4) is 0 Å². The molecule has 2 atom stereocenters. The molecule has 0 radical (unpaired) electrons. The Morgan fingerprint density at radius 1 is 1.07 bits per heavy atom. The second-order valence-corrected chi connectivity index (χ2v) is 3.13. The molecule has 0 bridgehead atoms. The van der Waals surface area contributed by atoms with E-state index in [1.807, 2.05) is 0 Å². The van der Waals surface area contributed by atoms with E-state index in [9.17, 15) is 10.2 Å². The molecule has 0 spiro atoms. The fourth-order valence-corrected chi connectivity index (χ4v) is 0.916. The van der Waals surface area contributed by atoms with Crippen molar-refractivity contribution < 1.29 is 24.4 Å². The minimum atomic E-state index is -0.681. The Morgan fingerprint density at radius 3 is 2.13 bits per heavy atom. The first-order chi connectivity index (χ1) is 7.20. The Hall–Kier alpha value is -0.460. The molecule has 2 N–H and O–H groups in total. The minimum Gasteiger partial charge on any atom is -0.388 e. The number of hydrogen-bond acceptors (Lipinski definition) is 5. The molecule has 5 heteroatoms. The fourth-order valence-electron chi connectivity index (χ4n) is 0.916. The van der Waals surface area contributed by atoms with Crippen LogP contribution in [0.1, 0.15) is 0 Å². The van der Waals surface area contributed by atoms with Crippen LogP contribution in [0.5, 0.6) is 0 Å². The van der Waals surface area contributed by atoms with Crippen LogP contribution >= 0.6 is 0 Å². The molecule has 5 nitrogen and oxygen atoms in total. The van der Waals surface area contributed by atoms with Crippen LogP contribution in [0, 0.1) is 0 Å². The van der Waals surface area contributed by atoms with Gasteiger partial charge < -0.3 is 24.4 Å². The standard InChI is InChI=1S/C10H20O5/c1-3-4-14-6-10(12)8-15-7-9(11)5-13-2/h3,9-12H,1,4-8H2,2H3. The number of aliphatic hydroxyl groups is 2. The summed E-state index contributed by atoms with van der Waals surface area (Å²) in [5.41, 5.74) is 0. The Kier molecular flexibility index (Phi) is 9.76. The SMILES string of the molecule is C=CCOCC(O)COCC(O)COC. The lowest BCUT2D eigenvalue weighted by Gasteiger charge is -2.13. The van der Waals surface area contributed by atoms with Crippen molar-refractivity contribution in [2.24, 2.45) is 0 Å². The Morgan fingerprint density at radius 2 is 1.60 bits per heavy atom. The molecule has 0 saturated carbocycles. The molecule has 0 aromatic rings. The number of methoxy groups -OCH3 is 1. The van der Waals surface area contributed by atoms with Crippen molar-refractivity contribution in [1.29, 1.82) is 0 Å². The van der Waals surface area contributed by atoms with Gasteiger partial charge in [-0.3, -0.25) is 0 Å². The lowest BCUT2D eigenvalue weighted by atomic mass is 10.4. The monoisotopic (exact) mass is 220 g/mol. The van der Waals surface area contributed by atoms with E-state index in [2.05, 4.69) is 6.58 Å². The third kappa shape index (κ3) is 9.84. The average molecular weight is 220 g/mol. The highest BCUT2D eigenvalue weighted by Crippen LogP contribution is 1.91. The molecule has 0 aliphatic heterocycles. The Balaban J connectivity index is 3.29. The van der Waals surface area contributed by atoms with Crippen molar-refractivity contribution in [2.45, 2.75) is 12.2 Å². The summed E-state index contributed by atoms with van der Waals surface area (Å²) in [5, 5.41) is 18.5. The molecule has 0 rings (SSSR count). The fraction of sp³-hybridized carbons (Fsp3) is 0.800. The van der Waals surface area contributed by atoms with E-state index >= 15 is 0 Å². The molecule has 0 saturated heterocycles. The number of aliphatic hydroxyl groups excluding tert-OH is 2. The summed E-state index contributed by atoms with van der Waals surface area (Å²) in [6.45, 7) is 4.59. The summed E-state index contributed by atoms with van der Waals surface area (Å²) in [7, 11) is 1.50. The van der Waals surface area contributed by atoms with E-state index < -0.39 is 12.2 Å². The maximum absolute atomic E-state index is 9.32. The van der Waals surface area contributed by atoms with Crippen molar-refractivity contribution in [1.82, 2.24) is 0 Å². The third-order valence-corrected chi connectivity index (χ3v) is 1.53. The Bertz CT molecular complexity index is 151. The predicted octanol–water partition coefficient (Wildman–Crippen LogP) is -0.426.